The van der Waals surface area contributed by atoms with Crippen LogP contribution in [0.15, 0.2) is 42.5 Å². The molecule has 0 saturated heterocycles. The summed E-state index contributed by atoms with van der Waals surface area (Å²) in [6.07, 6.45) is -1.00. The lowest BCUT2D eigenvalue weighted by Crippen LogP contribution is -2.30. The van der Waals surface area contributed by atoms with Crippen LogP contribution in [0.25, 0.3) is 0 Å². The fourth-order valence-corrected chi connectivity index (χ4v) is 2.10. The van der Waals surface area contributed by atoms with Gasteiger partial charge in [-0.25, -0.2) is 4.79 Å². The van der Waals surface area contributed by atoms with Gasteiger partial charge in [0.05, 0.1) is 17.8 Å². The summed E-state index contributed by atoms with van der Waals surface area (Å²) in [6.45, 7) is 1.47. The number of benzene rings is 2. The van der Waals surface area contributed by atoms with Gasteiger partial charge in [0.1, 0.15) is 11.3 Å². The van der Waals surface area contributed by atoms with Gasteiger partial charge < -0.3 is 20.5 Å². The minimum atomic E-state index is -1.00. The van der Waals surface area contributed by atoms with Gasteiger partial charge in [0, 0.05) is 11.8 Å². The number of rotatable bonds is 5. The Morgan fingerprint density at radius 1 is 1.21 bits per heavy atom. The number of para-hydroxylation sites is 1. The molecule has 0 aromatic heterocycles. The smallest absolute Gasteiger partial charge is 0.342 e. The normalized spacial score (nSPS) is 11.5. The number of nitrogens with one attached hydrogen (secondary N) is 1. The molecule has 2 aromatic carbocycles. The topological polar surface area (TPSA) is 90.7 Å². The molecule has 3 N–H and O–H groups in total. The highest BCUT2D eigenvalue weighted by Crippen LogP contribution is 2.29. The lowest BCUT2D eigenvalue weighted by atomic mass is 10.2. The van der Waals surface area contributed by atoms with Crippen molar-refractivity contribution < 1.29 is 19.1 Å². The number of hydrogen-bond donors (Lipinski definition) is 2. The number of amides is 1. The third-order valence-corrected chi connectivity index (χ3v) is 3.56. The van der Waals surface area contributed by atoms with Crippen LogP contribution in [0.3, 0.4) is 0 Å². The minimum Gasteiger partial charge on any atom is -0.496 e. The third-order valence-electron chi connectivity index (χ3n) is 3.23. The lowest BCUT2D eigenvalue weighted by molar-refractivity contribution is -0.123. The Hall–Kier alpha value is -2.73. The summed E-state index contributed by atoms with van der Waals surface area (Å²) in [5.41, 5.74) is 6.65. The first-order chi connectivity index (χ1) is 11.4. The van der Waals surface area contributed by atoms with Crippen molar-refractivity contribution in [3.05, 3.63) is 53.1 Å². The van der Waals surface area contributed by atoms with E-state index in [0.29, 0.717) is 5.69 Å². The van der Waals surface area contributed by atoms with Crippen molar-refractivity contribution in [2.75, 3.05) is 18.2 Å². The van der Waals surface area contributed by atoms with Gasteiger partial charge in [-0.15, -0.1) is 0 Å². The maximum atomic E-state index is 12.3. The molecule has 0 spiro atoms. The van der Waals surface area contributed by atoms with Gasteiger partial charge in [-0.1, -0.05) is 29.8 Å². The minimum absolute atomic E-state index is 0.0936. The summed E-state index contributed by atoms with van der Waals surface area (Å²) < 4.78 is 10.3. The second-order valence-electron chi connectivity index (χ2n) is 4.98. The molecule has 0 aliphatic rings. The second-order valence-corrected chi connectivity index (χ2v) is 5.38. The van der Waals surface area contributed by atoms with Gasteiger partial charge in [0.25, 0.3) is 5.91 Å². The number of nitrogens with two attached hydrogens (primary N) is 1. The zero-order chi connectivity index (χ0) is 17.7. The quantitative estimate of drug-likeness (QED) is 0.640. The highest BCUT2D eigenvalue weighted by Gasteiger charge is 2.22. The summed E-state index contributed by atoms with van der Waals surface area (Å²) >= 11 is 5.93. The molecule has 126 valence electrons. The molecule has 0 aliphatic heterocycles. The zero-order valence-corrected chi connectivity index (χ0v) is 14.0. The molecular weight excluding hydrogens is 332 g/mol. The molecule has 0 aliphatic carbocycles. The predicted octanol–water partition coefficient (Wildman–Crippen LogP) is 3.11. The first-order valence-electron chi connectivity index (χ1n) is 7.12. The number of anilines is 2. The number of nitrogen functional groups attached to an aromatic ring is 1. The average molecular weight is 349 g/mol. The predicted molar refractivity (Wildman–Crippen MR) is 92.4 cm³/mol. The van der Waals surface area contributed by atoms with E-state index < -0.39 is 18.0 Å². The molecule has 0 radical (unpaired) electrons. The molecule has 0 bridgehead atoms. The maximum absolute atomic E-state index is 12.3. The molecule has 0 heterocycles. The summed E-state index contributed by atoms with van der Waals surface area (Å²) in [5.74, 6) is -0.961. The fourth-order valence-electron chi connectivity index (χ4n) is 1.94. The van der Waals surface area contributed by atoms with Crippen molar-refractivity contribution in [3.8, 4) is 5.75 Å². The van der Waals surface area contributed by atoms with Gasteiger partial charge in [0.2, 0.25) is 0 Å². The molecule has 0 fully saturated rings. The van der Waals surface area contributed by atoms with E-state index in [2.05, 4.69) is 5.32 Å². The molecule has 6 nitrogen and oxygen atoms in total. The Kier molecular flexibility index (Phi) is 5.65. The van der Waals surface area contributed by atoms with Crippen LogP contribution in [0.2, 0.25) is 5.02 Å². The highest BCUT2D eigenvalue weighted by molar-refractivity contribution is 6.33. The summed E-state index contributed by atoms with van der Waals surface area (Å²) in [5, 5.41) is 2.85. The van der Waals surface area contributed by atoms with Crippen LogP contribution in [-0.4, -0.2) is 25.1 Å². The Bertz CT molecular complexity index is 750. The summed E-state index contributed by atoms with van der Waals surface area (Å²) in [6, 6.07) is 11.6. The third kappa shape index (κ3) is 4.17. The van der Waals surface area contributed by atoms with Gasteiger partial charge in [-0.3, -0.25) is 4.79 Å². The molecule has 2 aromatic rings. The first-order valence-corrected chi connectivity index (χ1v) is 7.50. The zero-order valence-electron chi connectivity index (χ0n) is 13.2. The number of ether oxygens (including phenoxy) is 2. The van der Waals surface area contributed by atoms with E-state index in [0.717, 1.165) is 0 Å². The first kappa shape index (κ1) is 17.6. The summed E-state index contributed by atoms with van der Waals surface area (Å²) in [4.78, 5) is 24.4. The van der Waals surface area contributed by atoms with Gasteiger partial charge in [-0.2, -0.15) is 0 Å². The Morgan fingerprint density at radius 3 is 2.50 bits per heavy atom. The fraction of sp³-hybridized carbons (Fsp3) is 0.176. The van der Waals surface area contributed by atoms with Crippen LogP contribution in [0.1, 0.15) is 17.3 Å². The van der Waals surface area contributed by atoms with E-state index in [9.17, 15) is 9.59 Å². The van der Waals surface area contributed by atoms with E-state index in [1.807, 2.05) is 6.07 Å². The molecule has 1 atom stereocenters. The molecular formula is C17H17ClN2O4. The van der Waals surface area contributed by atoms with Crippen LogP contribution in [-0.2, 0) is 9.53 Å². The van der Waals surface area contributed by atoms with Crippen LogP contribution < -0.4 is 15.8 Å². The van der Waals surface area contributed by atoms with Gasteiger partial charge in [-0.05, 0) is 25.1 Å². The molecule has 24 heavy (non-hydrogen) atoms. The molecule has 1 amide bonds. The largest absolute Gasteiger partial charge is 0.496 e. The maximum Gasteiger partial charge on any atom is 0.342 e. The van der Waals surface area contributed by atoms with Crippen LogP contribution >= 0.6 is 11.6 Å². The second kappa shape index (κ2) is 7.70. The summed E-state index contributed by atoms with van der Waals surface area (Å²) in [7, 11) is 1.39. The molecule has 7 heteroatoms. The van der Waals surface area contributed by atoms with E-state index in [4.69, 9.17) is 26.8 Å². The number of carbonyl (C=O) groups is 2. The van der Waals surface area contributed by atoms with E-state index in [1.54, 1.807) is 24.3 Å². The number of carbonyl (C=O) groups excluding carboxylic acids is 2. The number of hydrogen-bond acceptors (Lipinski definition) is 5. The highest BCUT2D eigenvalue weighted by atomic mass is 35.5. The van der Waals surface area contributed by atoms with E-state index in [-0.39, 0.29) is 22.0 Å². The number of methoxy groups -OCH3 is 1. The van der Waals surface area contributed by atoms with Crippen molar-refractivity contribution in [3.63, 3.8) is 0 Å². The van der Waals surface area contributed by atoms with Crippen molar-refractivity contribution in [1.29, 1.82) is 0 Å². The average Bonchev–Trinajstić information content (AvgIpc) is 2.57. The van der Waals surface area contributed by atoms with Crippen molar-refractivity contribution in [2.24, 2.45) is 0 Å². The van der Waals surface area contributed by atoms with Crippen LogP contribution in [0.5, 0.6) is 5.75 Å². The number of esters is 1. The van der Waals surface area contributed by atoms with Crippen LogP contribution in [0, 0.1) is 0 Å². The molecule has 2 rings (SSSR count). The van der Waals surface area contributed by atoms with E-state index >= 15 is 0 Å². The Morgan fingerprint density at radius 2 is 1.88 bits per heavy atom. The van der Waals surface area contributed by atoms with Crippen molar-refractivity contribution >= 4 is 34.9 Å². The lowest BCUT2D eigenvalue weighted by Gasteiger charge is -2.15. The molecule has 0 unspecified atom stereocenters. The Labute approximate surface area is 144 Å². The number of halogens is 1. The Balaban J connectivity index is 2.09. The van der Waals surface area contributed by atoms with Crippen LogP contribution in [0.4, 0.5) is 11.4 Å². The van der Waals surface area contributed by atoms with Gasteiger partial charge >= 0.3 is 5.97 Å². The molecule has 0 saturated carbocycles. The SMILES string of the molecule is COc1cc(N)c(Cl)cc1C(=O)O[C@H](C)C(=O)Nc1ccccc1. The van der Waals surface area contributed by atoms with Gasteiger partial charge in [0.15, 0.2) is 6.10 Å². The van der Waals surface area contributed by atoms with Crippen molar-refractivity contribution in [2.45, 2.75) is 13.0 Å². The monoisotopic (exact) mass is 348 g/mol. The standard InChI is InChI=1S/C17H17ClN2O4/c1-10(16(21)20-11-6-4-3-5-7-11)24-17(22)12-8-13(18)14(19)9-15(12)23-2/h3-10H,19H2,1-2H3,(H,20,21)/t10-/m1/s1. The van der Waals surface area contributed by atoms with Crippen molar-refractivity contribution in [1.82, 2.24) is 0 Å². The van der Waals surface area contributed by atoms with E-state index in [1.165, 1.54) is 26.2 Å².